The van der Waals surface area contributed by atoms with E-state index in [1.54, 1.807) is 19.9 Å². The maximum Gasteiger partial charge on any atom is 0.351 e. The van der Waals surface area contributed by atoms with Crippen LogP contribution in [-0.2, 0) is 29.5 Å². The minimum atomic E-state index is -1.47. The number of carbonyl (C=O) groups excluding carboxylic acids is 1. The maximum absolute atomic E-state index is 13.8. The summed E-state index contributed by atoms with van der Waals surface area (Å²) in [6, 6.07) is 19.9. The summed E-state index contributed by atoms with van der Waals surface area (Å²) < 4.78 is 18.0. The van der Waals surface area contributed by atoms with Crippen molar-refractivity contribution in [2.24, 2.45) is 0 Å². The van der Waals surface area contributed by atoms with Crippen molar-refractivity contribution in [3.63, 3.8) is 0 Å². The molecule has 2 unspecified atom stereocenters. The molecule has 1 aromatic heterocycles. The molecule has 0 N–H and O–H groups in total. The average Bonchev–Trinajstić information content (AvgIpc) is 2.96. The van der Waals surface area contributed by atoms with E-state index in [4.69, 9.17) is 14.2 Å². The van der Waals surface area contributed by atoms with Gasteiger partial charge in [-0.15, -0.1) is 20.2 Å². The lowest BCUT2D eigenvalue weighted by Gasteiger charge is -2.38. The largest absolute Gasteiger partial charge is 0.463 e. The molecule has 14 heteroatoms. The molecule has 3 aromatic rings. The summed E-state index contributed by atoms with van der Waals surface area (Å²) in [5.41, 5.74) is 1.05. The molecule has 0 aliphatic rings. The van der Waals surface area contributed by atoms with Crippen LogP contribution >= 0.6 is 0 Å². The van der Waals surface area contributed by atoms with Crippen LogP contribution in [0.5, 0.6) is 6.01 Å². The van der Waals surface area contributed by atoms with E-state index in [1.165, 1.54) is 7.11 Å². The second kappa shape index (κ2) is 15.2. The molecular formula is C28H32N4O10. The van der Waals surface area contributed by atoms with Gasteiger partial charge in [-0.2, -0.15) is 0 Å². The van der Waals surface area contributed by atoms with Crippen molar-refractivity contribution < 1.29 is 38.9 Å². The number of unbranched alkanes of at least 4 members (excludes halogenated alkanes) is 1. The molecule has 0 radical (unpaired) electrons. The van der Waals surface area contributed by atoms with Crippen LogP contribution < -0.4 is 4.74 Å². The summed E-state index contributed by atoms with van der Waals surface area (Å²) in [6.45, 7) is 2.86. The van der Waals surface area contributed by atoms with E-state index in [9.17, 15) is 25.0 Å². The highest BCUT2D eigenvalue weighted by atomic mass is 17.0. The number of esters is 1. The van der Waals surface area contributed by atoms with Gasteiger partial charge in [-0.05, 0) is 50.3 Å². The number of ether oxygens (including phenoxy) is 3. The number of rotatable bonds is 17. The van der Waals surface area contributed by atoms with Gasteiger partial charge in [-0.3, -0.25) is 0 Å². The third-order valence-electron chi connectivity index (χ3n) is 6.26. The van der Waals surface area contributed by atoms with Crippen molar-refractivity contribution in [1.82, 2.24) is 9.97 Å². The number of hydrogen-bond acceptors (Lipinski definition) is 12. The fraction of sp³-hybridized carbons (Fsp3) is 0.393. The number of methoxy groups -OCH3 is 1. The van der Waals surface area contributed by atoms with Crippen LogP contribution in [0.15, 0.2) is 66.7 Å². The molecule has 0 saturated heterocycles. The van der Waals surface area contributed by atoms with E-state index in [1.807, 2.05) is 60.7 Å². The SMILES string of the molecule is COC(c1ccccc1)(c1ccccc1)C(Oc1nc(C)cc(C)n1)C(=O)OCCCCC(CO[N+](=O)[O-])O[N+](=O)[O-]. The zero-order chi connectivity index (χ0) is 30.5. The topological polar surface area (TPSA) is 175 Å². The Bertz CT molecular complexity index is 1270. The standard InChI is InChI=1S/C28H32N4O10/c1-20-18-21(2)30-27(29-20)41-25(26(33)39-17-11-10-16-24(42-32(36)37)19-40-31(34)35)28(38-3,22-12-6-4-7-13-22)23-14-8-5-9-15-23/h4-9,12-15,18,24-25H,10-11,16-17,19H2,1-3H3. The Balaban J connectivity index is 1.86. The molecule has 224 valence electrons. The van der Waals surface area contributed by atoms with E-state index < -0.39 is 40.6 Å². The van der Waals surface area contributed by atoms with Gasteiger partial charge in [0.15, 0.2) is 5.60 Å². The lowest BCUT2D eigenvalue weighted by Crippen LogP contribution is -2.51. The Hall–Kier alpha value is -4.85. The molecule has 42 heavy (non-hydrogen) atoms. The van der Waals surface area contributed by atoms with Crippen molar-refractivity contribution in [2.75, 3.05) is 20.3 Å². The van der Waals surface area contributed by atoms with E-state index in [0.29, 0.717) is 22.5 Å². The molecule has 0 fully saturated rings. The minimum Gasteiger partial charge on any atom is -0.463 e. The van der Waals surface area contributed by atoms with Crippen molar-refractivity contribution in [3.05, 3.63) is 109 Å². The summed E-state index contributed by atoms with van der Waals surface area (Å²) in [5.74, 6) is -0.762. The molecular weight excluding hydrogens is 552 g/mol. The summed E-state index contributed by atoms with van der Waals surface area (Å²) in [4.78, 5) is 52.3. The van der Waals surface area contributed by atoms with Crippen molar-refractivity contribution >= 4 is 5.97 Å². The van der Waals surface area contributed by atoms with Crippen molar-refractivity contribution in [2.45, 2.75) is 50.9 Å². The highest BCUT2D eigenvalue weighted by molar-refractivity contribution is 5.78. The van der Waals surface area contributed by atoms with Gasteiger partial charge in [0.05, 0.1) is 6.61 Å². The summed E-state index contributed by atoms with van der Waals surface area (Å²) in [6.07, 6.45) is -1.95. The predicted octanol–water partition coefficient (Wildman–Crippen LogP) is 3.93. The van der Waals surface area contributed by atoms with Gasteiger partial charge in [0.2, 0.25) is 6.10 Å². The van der Waals surface area contributed by atoms with Crippen LogP contribution in [0.2, 0.25) is 0 Å². The Kier molecular flexibility index (Phi) is 11.5. The molecule has 2 atom stereocenters. The third kappa shape index (κ3) is 8.57. The summed E-state index contributed by atoms with van der Waals surface area (Å²) in [5, 5.41) is 19.1. The van der Waals surface area contributed by atoms with E-state index in [0.717, 1.165) is 0 Å². The number of nitrogens with zero attached hydrogens (tertiary/aromatic N) is 4. The molecule has 14 nitrogen and oxygen atoms in total. The Morgan fingerprint density at radius 1 is 0.905 bits per heavy atom. The zero-order valence-electron chi connectivity index (χ0n) is 23.4. The van der Waals surface area contributed by atoms with Crippen LogP contribution in [0.3, 0.4) is 0 Å². The van der Waals surface area contributed by atoms with Gasteiger partial charge in [0.25, 0.3) is 10.2 Å². The second-order valence-electron chi connectivity index (χ2n) is 9.24. The zero-order valence-corrected chi connectivity index (χ0v) is 23.4. The third-order valence-corrected chi connectivity index (χ3v) is 6.26. The van der Waals surface area contributed by atoms with E-state index in [2.05, 4.69) is 19.6 Å². The van der Waals surface area contributed by atoms with Gasteiger partial charge in [0.1, 0.15) is 12.7 Å². The van der Waals surface area contributed by atoms with Crippen LogP contribution in [-0.4, -0.2) is 58.6 Å². The van der Waals surface area contributed by atoms with Crippen LogP contribution in [0.4, 0.5) is 0 Å². The number of aryl methyl sites for hydroxylation is 2. The molecule has 0 amide bonds. The molecule has 0 saturated carbocycles. The first kappa shape index (κ1) is 31.7. The lowest BCUT2D eigenvalue weighted by atomic mass is 9.81. The van der Waals surface area contributed by atoms with Gasteiger partial charge in [-0.25, -0.2) is 14.8 Å². The van der Waals surface area contributed by atoms with E-state index in [-0.39, 0.29) is 31.9 Å². The molecule has 0 spiro atoms. The highest BCUT2D eigenvalue weighted by Crippen LogP contribution is 2.39. The molecule has 2 aromatic carbocycles. The number of aromatic nitrogens is 2. The molecule has 0 bridgehead atoms. The quantitative estimate of drug-likeness (QED) is 0.0968. The summed E-state index contributed by atoms with van der Waals surface area (Å²) >= 11 is 0. The molecule has 0 aliphatic carbocycles. The first-order valence-corrected chi connectivity index (χ1v) is 13.1. The first-order valence-electron chi connectivity index (χ1n) is 13.1. The van der Waals surface area contributed by atoms with Gasteiger partial charge < -0.3 is 23.9 Å². The first-order chi connectivity index (χ1) is 20.1. The minimum absolute atomic E-state index is 0.0340. The second-order valence-corrected chi connectivity index (χ2v) is 9.24. The molecule has 3 rings (SSSR count). The smallest absolute Gasteiger partial charge is 0.351 e. The highest BCUT2D eigenvalue weighted by Gasteiger charge is 2.50. The Morgan fingerprint density at radius 2 is 1.48 bits per heavy atom. The van der Waals surface area contributed by atoms with Crippen LogP contribution in [0, 0.1) is 34.1 Å². The maximum atomic E-state index is 13.8. The monoisotopic (exact) mass is 584 g/mol. The number of benzene rings is 2. The van der Waals surface area contributed by atoms with Crippen LogP contribution in [0.1, 0.15) is 41.8 Å². The van der Waals surface area contributed by atoms with Gasteiger partial charge in [0, 0.05) is 18.5 Å². The average molecular weight is 585 g/mol. The number of carbonyl (C=O) groups is 1. The summed E-state index contributed by atoms with van der Waals surface area (Å²) in [7, 11) is 1.47. The lowest BCUT2D eigenvalue weighted by molar-refractivity contribution is -0.790. The van der Waals surface area contributed by atoms with E-state index >= 15 is 0 Å². The fourth-order valence-electron chi connectivity index (χ4n) is 4.49. The Labute approximate surface area is 241 Å². The van der Waals surface area contributed by atoms with Crippen LogP contribution in [0.25, 0.3) is 0 Å². The molecule has 1 heterocycles. The van der Waals surface area contributed by atoms with Crippen molar-refractivity contribution in [1.29, 1.82) is 0 Å². The number of hydrogen-bond donors (Lipinski definition) is 0. The fourth-order valence-corrected chi connectivity index (χ4v) is 4.49. The Morgan fingerprint density at radius 3 is 1.98 bits per heavy atom. The normalized spacial score (nSPS) is 12.5. The van der Waals surface area contributed by atoms with Crippen molar-refractivity contribution in [3.8, 4) is 6.01 Å². The predicted molar refractivity (Wildman–Crippen MR) is 146 cm³/mol. The molecule has 0 aliphatic heterocycles. The van der Waals surface area contributed by atoms with Gasteiger partial charge >= 0.3 is 12.0 Å². The van der Waals surface area contributed by atoms with Gasteiger partial charge in [-0.1, -0.05) is 60.7 Å².